The minimum Gasteiger partial charge on any atom is -0.354 e. The van der Waals surface area contributed by atoms with Crippen molar-refractivity contribution >= 4 is 16.8 Å². The maximum absolute atomic E-state index is 13.4. The fraction of sp³-hybridized carbons (Fsp3) is 0.261. The van der Waals surface area contributed by atoms with Gasteiger partial charge in [-0.1, -0.05) is 23.4 Å². The van der Waals surface area contributed by atoms with Crippen LogP contribution in [0.15, 0.2) is 53.1 Å². The minimum absolute atomic E-state index is 0.0866. The van der Waals surface area contributed by atoms with Gasteiger partial charge in [0.1, 0.15) is 5.82 Å². The van der Waals surface area contributed by atoms with Gasteiger partial charge in [0.15, 0.2) is 5.82 Å². The van der Waals surface area contributed by atoms with E-state index >= 15 is 0 Å². The highest BCUT2D eigenvalue weighted by Gasteiger charge is 2.28. The summed E-state index contributed by atoms with van der Waals surface area (Å²) in [5, 5.41) is 7.88. The zero-order valence-corrected chi connectivity index (χ0v) is 16.3. The van der Waals surface area contributed by atoms with E-state index in [1.807, 2.05) is 24.3 Å². The number of carbonyl (C=O) groups is 1. The Morgan fingerprint density at radius 3 is 2.77 bits per heavy atom. The Hall–Kier alpha value is -3.48. The number of nitrogens with zero attached hydrogens (tertiary/aromatic N) is 2. The molecule has 6 nitrogen and oxygen atoms in total. The van der Waals surface area contributed by atoms with Crippen LogP contribution < -0.4 is 5.32 Å². The zero-order valence-electron chi connectivity index (χ0n) is 16.3. The molecule has 0 bridgehead atoms. The largest absolute Gasteiger partial charge is 0.354 e. The van der Waals surface area contributed by atoms with E-state index in [9.17, 15) is 9.18 Å². The second-order valence-corrected chi connectivity index (χ2v) is 7.63. The summed E-state index contributed by atoms with van der Waals surface area (Å²) in [4.78, 5) is 20.2. The Kier molecular flexibility index (Phi) is 4.78. The van der Waals surface area contributed by atoms with Crippen LogP contribution in [0.2, 0.25) is 0 Å². The second kappa shape index (κ2) is 7.74. The van der Waals surface area contributed by atoms with E-state index in [-0.39, 0.29) is 18.3 Å². The van der Waals surface area contributed by atoms with Crippen molar-refractivity contribution in [1.29, 1.82) is 0 Å². The van der Waals surface area contributed by atoms with Gasteiger partial charge in [-0.15, -0.1) is 0 Å². The Balaban J connectivity index is 1.29. The number of benzene rings is 2. The molecule has 0 atom stereocenters. The number of carbonyl (C=O) groups excluding carboxylic acids is 1. The van der Waals surface area contributed by atoms with E-state index < -0.39 is 0 Å². The van der Waals surface area contributed by atoms with Crippen molar-refractivity contribution in [2.45, 2.75) is 38.1 Å². The van der Waals surface area contributed by atoms with Crippen molar-refractivity contribution in [1.82, 2.24) is 20.4 Å². The molecule has 1 aliphatic rings. The van der Waals surface area contributed by atoms with E-state index in [0.29, 0.717) is 24.7 Å². The lowest BCUT2D eigenvalue weighted by Gasteiger charge is -2.06. The van der Waals surface area contributed by atoms with E-state index in [4.69, 9.17) is 4.52 Å². The van der Waals surface area contributed by atoms with Gasteiger partial charge < -0.3 is 14.8 Å². The van der Waals surface area contributed by atoms with E-state index in [1.54, 1.807) is 12.1 Å². The van der Waals surface area contributed by atoms with Crippen LogP contribution >= 0.6 is 0 Å². The summed E-state index contributed by atoms with van der Waals surface area (Å²) < 4.78 is 18.6. The lowest BCUT2D eigenvalue weighted by Crippen LogP contribution is -2.23. The van der Waals surface area contributed by atoms with Gasteiger partial charge in [-0.25, -0.2) is 4.39 Å². The Bertz CT molecular complexity index is 1190. The molecule has 2 heterocycles. The van der Waals surface area contributed by atoms with Gasteiger partial charge in [-0.3, -0.25) is 4.79 Å². The number of aromatic nitrogens is 3. The molecule has 1 amide bonds. The molecule has 0 spiro atoms. The summed E-state index contributed by atoms with van der Waals surface area (Å²) in [6.07, 6.45) is 3.08. The summed E-state index contributed by atoms with van der Waals surface area (Å²) in [5.74, 6) is 1.23. The van der Waals surface area contributed by atoms with Crippen molar-refractivity contribution in [2.24, 2.45) is 0 Å². The fourth-order valence-corrected chi connectivity index (χ4v) is 3.67. The van der Waals surface area contributed by atoms with E-state index in [1.165, 1.54) is 12.1 Å². The molecular weight excluding hydrogens is 383 g/mol. The standard InChI is InChI=1S/C23H21FN4O2/c24-16-9-7-14(8-10-16)22-18(17-3-1-2-4-19(17)26-22)11-12-20(29)25-13-21-27-23(28-30-21)15-5-6-15/h1-4,7-10,15,26H,5-6,11-13H2,(H,25,29). The van der Waals surface area contributed by atoms with Gasteiger partial charge in [0, 0.05) is 28.9 Å². The first-order chi connectivity index (χ1) is 14.7. The molecular formula is C23H21FN4O2. The second-order valence-electron chi connectivity index (χ2n) is 7.63. The summed E-state index contributed by atoms with van der Waals surface area (Å²) in [7, 11) is 0. The van der Waals surface area contributed by atoms with Crippen molar-refractivity contribution in [3.8, 4) is 11.3 Å². The highest BCUT2D eigenvalue weighted by molar-refractivity contribution is 5.91. The first-order valence-electron chi connectivity index (χ1n) is 10.1. The van der Waals surface area contributed by atoms with Crippen molar-refractivity contribution in [3.05, 3.63) is 71.6 Å². The van der Waals surface area contributed by atoms with Crippen LogP contribution in [0.25, 0.3) is 22.2 Å². The molecule has 0 aliphatic heterocycles. The number of hydrogen-bond acceptors (Lipinski definition) is 4. The SMILES string of the molecule is O=C(CCc1c(-c2ccc(F)cc2)[nH]c2ccccc12)NCc1nc(C2CC2)no1. The fourth-order valence-electron chi connectivity index (χ4n) is 3.67. The molecule has 0 saturated heterocycles. The third kappa shape index (κ3) is 3.83. The number of H-pyrrole nitrogens is 1. The number of halogens is 1. The van der Waals surface area contributed by atoms with Crippen molar-refractivity contribution in [2.75, 3.05) is 0 Å². The monoisotopic (exact) mass is 404 g/mol. The Morgan fingerprint density at radius 1 is 1.17 bits per heavy atom. The number of amides is 1. The molecule has 4 aromatic rings. The Morgan fingerprint density at radius 2 is 1.97 bits per heavy atom. The van der Waals surface area contributed by atoms with Gasteiger partial charge in [0.25, 0.3) is 0 Å². The van der Waals surface area contributed by atoms with Crippen LogP contribution in [-0.2, 0) is 17.8 Å². The highest BCUT2D eigenvalue weighted by Crippen LogP contribution is 2.38. The first kappa shape index (κ1) is 18.5. The average Bonchev–Trinajstić information content (AvgIpc) is 3.39. The number of fused-ring (bicyclic) bond motifs is 1. The molecule has 2 aromatic heterocycles. The number of para-hydroxylation sites is 1. The van der Waals surface area contributed by atoms with Crippen LogP contribution in [0.3, 0.4) is 0 Å². The van der Waals surface area contributed by atoms with Gasteiger partial charge in [0.05, 0.1) is 6.54 Å². The molecule has 5 rings (SSSR count). The average molecular weight is 404 g/mol. The molecule has 1 saturated carbocycles. The van der Waals surface area contributed by atoms with Gasteiger partial charge >= 0.3 is 0 Å². The maximum Gasteiger partial charge on any atom is 0.246 e. The first-order valence-corrected chi connectivity index (χ1v) is 10.1. The van der Waals surface area contributed by atoms with E-state index in [2.05, 4.69) is 20.4 Å². The molecule has 30 heavy (non-hydrogen) atoms. The minimum atomic E-state index is -0.276. The van der Waals surface area contributed by atoms with Gasteiger partial charge in [-0.2, -0.15) is 4.98 Å². The molecule has 1 aliphatic carbocycles. The van der Waals surface area contributed by atoms with Crippen molar-refractivity contribution < 1.29 is 13.7 Å². The van der Waals surface area contributed by atoms with Gasteiger partial charge in [0.2, 0.25) is 11.8 Å². The van der Waals surface area contributed by atoms with Crippen LogP contribution in [-0.4, -0.2) is 21.0 Å². The quantitative estimate of drug-likeness (QED) is 0.476. The Labute approximate surface area is 172 Å². The normalized spacial score (nSPS) is 13.6. The summed E-state index contributed by atoms with van der Waals surface area (Å²) >= 11 is 0. The summed E-state index contributed by atoms with van der Waals surface area (Å²) in [6.45, 7) is 0.233. The predicted molar refractivity (Wildman–Crippen MR) is 110 cm³/mol. The lowest BCUT2D eigenvalue weighted by molar-refractivity contribution is -0.121. The number of rotatable bonds is 7. The number of aryl methyl sites for hydroxylation is 1. The summed E-state index contributed by atoms with van der Waals surface area (Å²) in [5.41, 5.74) is 3.84. The van der Waals surface area contributed by atoms with E-state index in [0.717, 1.165) is 46.4 Å². The third-order valence-corrected chi connectivity index (χ3v) is 5.41. The highest BCUT2D eigenvalue weighted by atomic mass is 19.1. The maximum atomic E-state index is 13.4. The zero-order chi connectivity index (χ0) is 20.5. The molecule has 2 aromatic carbocycles. The molecule has 0 unspecified atom stereocenters. The molecule has 2 N–H and O–H groups in total. The number of hydrogen-bond donors (Lipinski definition) is 2. The molecule has 7 heteroatoms. The van der Waals surface area contributed by atoms with Crippen LogP contribution in [0, 0.1) is 5.82 Å². The third-order valence-electron chi connectivity index (χ3n) is 5.41. The number of nitrogens with one attached hydrogen (secondary N) is 2. The lowest BCUT2D eigenvalue weighted by atomic mass is 10.0. The summed E-state index contributed by atoms with van der Waals surface area (Å²) in [6, 6.07) is 14.3. The smallest absolute Gasteiger partial charge is 0.246 e. The molecule has 1 fully saturated rings. The van der Waals surface area contributed by atoms with Crippen molar-refractivity contribution in [3.63, 3.8) is 0 Å². The molecule has 0 radical (unpaired) electrons. The molecule has 152 valence electrons. The number of aromatic amines is 1. The van der Waals surface area contributed by atoms with Crippen LogP contribution in [0.5, 0.6) is 0 Å². The van der Waals surface area contributed by atoms with Gasteiger partial charge in [-0.05, 0) is 60.7 Å². The predicted octanol–water partition coefficient (Wildman–Crippen LogP) is 4.48. The van der Waals surface area contributed by atoms with Crippen LogP contribution in [0.4, 0.5) is 4.39 Å². The van der Waals surface area contributed by atoms with Crippen LogP contribution in [0.1, 0.15) is 42.5 Å². The topological polar surface area (TPSA) is 83.8 Å².